The van der Waals surface area contributed by atoms with Crippen molar-refractivity contribution in [3.8, 4) is 0 Å². The molecule has 18 heavy (non-hydrogen) atoms. The van der Waals surface area contributed by atoms with Crippen molar-refractivity contribution in [3.05, 3.63) is 0 Å². The molecule has 0 fully saturated rings. The first-order chi connectivity index (χ1) is 8.41. The Balaban J connectivity index is 5.33. The number of rotatable bonds is 8. The molecule has 0 aliphatic heterocycles. The third-order valence-electron chi connectivity index (χ3n) is 2.23. The highest BCUT2D eigenvalue weighted by Crippen LogP contribution is 2.26. The zero-order chi connectivity index (χ0) is 14.2. The third kappa shape index (κ3) is 5.44. The molecule has 2 atom stereocenters. The highest BCUT2D eigenvalue weighted by Gasteiger charge is 2.42. The lowest BCUT2D eigenvalue weighted by Crippen LogP contribution is -2.46. The second kappa shape index (κ2) is 8.59. The fourth-order valence-corrected chi connectivity index (χ4v) is 2.57. The SMILES string of the molecule is CCOC(=O)C(C=[P+]([O-])CO)(CC(C)C)OCC. The molecule has 5 nitrogen and oxygen atoms in total. The fourth-order valence-electron chi connectivity index (χ4n) is 1.73. The van der Waals surface area contributed by atoms with Crippen molar-refractivity contribution in [1.82, 2.24) is 0 Å². The fraction of sp³-hybridized carbons (Fsp3) is 0.833. The molecule has 0 aliphatic rings. The topological polar surface area (TPSA) is 78.8 Å². The second-order valence-electron chi connectivity index (χ2n) is 4.33. The summed E-state index contributed by atoms with van der Waals surface area (Å²) >= 11 is 0. The lowest BCUT2D eigenvalue weighted by atomic mass is 9.94. The lowest BCUT2D eigenvalue weighted by molar-refractivity contribution is -0.165. The summed E-state index contributed by atoms with van der Waals surface area (Å²) in [5, 5.41) is 8.89. The van der Waals surface area contributed by atoms with E-state index in [-0.39, 0.29) is 12.5 Å². The van der Waals surface area contributed by atoms with Gasteiger partial charge in [0.15, 0.2) is 6.35 Å². The molecule has 2 unspecified atom stereocenters. The third-order valence-corrected chi connectivity index (χ3v) is 3.21. The van der Waals surface area contributed by atoms with Crippen molar-refractivity contribution in [1.29, 1.82) is 0 Å². The monoisotopic (exact) mass is 278 g/mol. The molecule has 0 amide bonds. The van der Waals surface area contributed by atoms with E-state index in [9.17, 15) is 9.69 Å². The standard InChI is InChI=1S/C12H23O5P/c1-5-16-11(14)12(17-6-2,7-10(3)4)8-18(15)9-13/h8,10,13H,5-7,9H2,1-4H3. The van der Waals surface area contributed by atoms with Crippen LogP contribution in [-0.2, 0) is 14.3 Å². The Hall–Kier alpha value is -0.480. The molecule has 0 aromatic rings. The molecule has 0 rings (SSSR count). The minimum Gasteiger partial charge on any atom is -0.629 e. The summed E-state index contributed by atoms with van der Waals surface area (Å²) in [4.78, 5) is 23.6. The number of hydrogen-bond acceptors (Lipinski definition) is 5. The van der Waals surface area contributed by atoms with E-state index in [0.717, 1.165) is 0 Å². The first-order valence-electron chi connectivity index (χ1n) is 6.13. The molecule has 0 heterocycles. The number of esters is 1. The molecule has 106 valence electrons. The molecule has 0 aromatic carbocycles. The molecule has 0 spiro atoms. The number of ether oxygens (including phenoxy) is 2. The lowest BCUT2D eigenvalue weighted by Gasteiger charge is -2.28. The Bertz CT molecular complexity index is 290. The average Bonchev–Trinajstić information content (AvgIpc) is 2.28. The Morgan fingerprint density at radius 2 is 2.06 bits per heavy atom. The van der Waals surface area contributed by atoms with Gasteiger partial charge >= 0.3 is 5.97 Å². The Labute approximate surface area is 110 Å². The normalized spacial score (nSPS) is 15.6. The molecule has 0 aliphatic carbocycles. The van der Waals surface area contributed by atoms with Gasteiger partial charge in [-0.1, -0.05) is 13.8 Å². The van der Waals surface area contributed by atoms with Crippen LogP contribution in [0.25, 0.3) is 0 Å². The zero-order valence-electron chi connectivity index (χ0n) is 11.5. The number of aliphatic hydroxyl groups is 1. The summed E-state index contributed by atoms with van der Waals surface area (Å²) in [5.74, 6) is 0.903. The largest absolute Gasteiger partial charge is 0.629 e. The number of hydrogen-bond donors (Lipinski definition) is 1. The first-order valence-corrected chi connectivity index (χ1v) is 7.65. The summed E-state index contributed by atoms with van der Waals surface area (Å²) in [5.41, 5.74) is -1.32. The van der Waals surface area contributed by atoms with Crippen LogP contribution in [0.2, 0.25) is 0 Å². The van der Waals surface area contributed by atoms with E-state index >= 15 is 0 Å². The minimum atomic E-state index is -2.00. The summed E-state index contributed by atoms with van der Waals surface area (Å²) in [6, 6.07) is 0. The quantitative estimate of drug-likeness (QED) is 0.526. The minimum absolute atomic E-state index is 0.166. The van der Waals surface area contributed by atoms with E-state index in [1.165, 1.54) is 5.80 Å². The number of carbonyl (C=O) groups excluding carboxylic acids is 1. The van der Waals surface area contributed by atoms with Crippen molar-refractivity contribution in [2.75, 3.05) is 19.6 Å². The Kier molecular flexibility index (Phi) is 8.36. The van der Waals surface area contributed by atoms with E-state index < -0.39 is 25.7 Å². The summed E-state index contributed by atoms with van der Waals surface area (Å²) in [7, 11) is -2.00. The van der Waals surface area contributed by atoms with E-state index in [4.69, 9.17) is 14.6 Å². The molecule has 0 saturated carbocycles. The number of carbonyl (C=O) groups is 1. The number of aliphatic hydroxyl groups excluding tert-OH is 1. The molecule has 0 aromatic heterocycles. The van der Waals surface area contributed by atoms with Crippen LogP contribution < -0.4 is 4.89 Å². The van der Waals surface area contributed by atoms with Gasteiger partial charge in [0, 0.05) is 6.61 Å². The highest BCUT2D eigenvalue weighted by atomic mass is 31.1. The van der Waals surface area contributed by atoms with Gasteiger partial charge in [-0.3, -0.25) is 0 Å². The van der Waals surface area contributed by atoms with Gasteiger partial charge in [-0.15, -0.1) is 0 Å². The maximum atomic E-state index is 12.1. The second-order valence-corrected chi connectivity index (χ2v) is 5.70. The predicted octanol–water partition coefficient (Wildman–Crippen LogP) is 0.880. The van der Waals surface area contributed by atoms with Gasteiger partial charge in [0.1, 0.15) is 5.80 Å². The van der Waals surface area contributed by atoms with E-state index in [2.05, 4.69) is 0 Å². The molecule has 0 radical (unpaired) electrons. The molecule has 0 saturated heterocycles. The molecular weight excluding hydrogens is 255 g/mol. The zero-order valence-corrected chi connectivity index (χ0v) is 12.4. The average molecular weight is 278 g/mol. The van der Waals surface area contributed by atoms with Crippen molar-refractivity contribution in [3.63, 3.8) is 0 Å². The Morgan fingerprint density at radius 3 is 2.44 bits per heavy atom. The van der Waals surface area contributed by atoms with Crippen molar-refractivity contribution in [2.45, 2.75) is 39.7 Å². The van der Waals surface area contributed by atoms with Gasteiger partial charge in [0.05, 0.1) is 14.4 Å². The van der Waals surface area contributed by atoms with Crippen LogP contribution in [-0.4, -0.2) is 42.0 Å². The molecular formula is C12H23O5P. The van der Waals surface area contributed by atoms with Crippen LogP contribution in [0.1, 0.15) is 34.1 Å². The van der Waals surface area contributed by atoms with Crippen LogP contribution in [0, 0.1) is 5.92 Å². The smallest absolute Gasteiger partial charge is 0.346 e. The van der Waals surface area contributed by atoms with E-state index in [1.807, 2.05) is 13.8 Å². The summed E-state index contributed by atoms with van der Waals surface area (Å²) in [6.45, 7) is 7.87. The van der Waals surface area contributed by atoms with Gasteiger partial charge in [0.2, 0.25) is 5.60 Å². The highest BCUT2D eigenvalue weighted by molar-refractivity contribution is 7.50. The first kappa shape index (κ1) is 17.5. The molecule has 6 heteroatoms. The van der Waals surface area contributed by atoms with Crippen molar-refractivity contribution in [2.24, 2.45) is 5.92 Å². The van der Waals surface area contributed by atoms with Gasteiger partial charge in [-0.2, -0.15) is 0 Å². The Morgan fingerprint density at radius 1 is 1.44 bits per heavy atom. The van der Waals surface area contributed by atoms with Gasteiger partial charge in [-0.05, 0) is 26.2 Å². The maximum Gasteiger partial charge on any atom is 0.346 e. The maximum absolute atomic E-state index is 12.1. The summed E-state index contributed by atoms with van der Waals surface area (Å²) < 4.78 is 10.5. The van der Waals surface area contributed by atoms with Crippen LogP contribution in [0.4, 0.5) is 0 Å². The molecule has 0 bridgehead atoms. The predicted molar refractivity (Wildman–Crippen MR) is 70.5 cm³/mol. The molecule has 1 N–H and O–H groups in total. The summed E-state index contributed by atoms with van der Waals surface area (Å²) in [6.07, 6.45) is -0.123. The van der Waals surface area contributed by atoms with Crippen LogP contribution >= 0.6 is 7.77 Å². The van der Waals surface area contributed by atoms with Crippen molar-refractivity contribution < 1.29 is 24.3 Å². The van der Waals surface area contributed by atoms with Crippen LogP contribution in [0.15, 0.2) is 0 Å². The van der Waals surface area contributed by atoms with Gasteiger partial charge < -0.3 is 19.5 Å². The van der Waals surface area contributed by atoms with Crippen molar-refractivity contribution >= 4 is 19.5 Å². The van der Waals surface area contributed by atoms with Crippen LogP contribution in [0.3, 0.4) is 0 Å². The van der Waals surface area contributed by atoms with Gasteiger partial charge in [-0.25, -0.2) is 4.79 Å². The van der Waals surface area contributed by atoms with E-state index in [1.54, 1.807) is 13.8 Å². The van der Waals surface area contributed by atoms with E-state index in [0.29, 0.717) is 13.0 Å². The van der Waals surface area contributed by atoms with Crippen LogP contribution in [0.5, 0.6) is 0 Å². The van der Waals surface area contributed by atoms with Gasteiger partial charge in [0.25, 0.3) is 0 Å².